The van der Waals surface area contributed by atoms with Crippen molar-refractivity contribution in [2.24, 2.45) is 5.73 Å². The Bertz CT molecular complexity index is 1410. The van der Waals surface area contributed by atoms with Gasteiger partial charge in [-0.1, -0.05) is 30.3 Å². The van der Waals surface area contributed by atoms with Gasteiger partial charge < -0.3 is 42.0 Å². The quantitative estimate of drug-likeness (QED) is 0.115. The van der Waals surface area contributed by atoms with Crippen LogP contribution in [0.3, 0.4) is 0 Å². The van der Waals surface area contributed by atoms with Gasteiger partial charge in [0, 0.05) is 35.7 Å². The number of fused-ring (bicyclic) bond motifs is 1. The summed E-state index contributed by atoms with van der Waals surface area (Å²) in [5.74, 6) is -5.29. The molecule has 3 amide bonds. The number of nitrogens with one attached hydrogen (secondary N) is 4. The van der Waals surface area contributed by atoms with Gasteiger partial charge in [-0.25, -0.2) is 4.79 Å². The van der Waals surface area contributed by atoms with Gasteiger partial charge in [-0.2, -0.15) is 12.6 Å². The van der Waals surface area contributed by atoms with E-state index in [4.69, 9.17) is 10.8 Å². The first-order valence-corrected chi connectivity index (χ1v) is 13.2. The van der Waals surface area contributed by atoms with Crippen LogP contribution < -0.4 is 21.7 Å². The first-order chi connectivity index (χ1) is 19.5. The molecule has 0 aliphatic carbocycles. The minimum atomic E-state index is -1.43. The Kier molecular flexibility index (Phi) is 10.7. The zero-order chi connectivity index (χ0) is 30.1. The number of phenolic OH excluding ortho intramolecular Hbond substituents is 1. The van der Waals surface area contributed by atoms with Gasteiger partial charge in [0.15, 0.2) is 0 Å². The second-order valence-corrected chi connectivity index (χ2v) is 9.71. The molecule has 41 heavy (non-hydrogen) atoms. The number of hydrogen-bond acceptors (Lipinski definition) is 8. The summed E-state index contributed by atoms with van der Waals surface area (Å²) >= 11 is 4.13. The van der Waals surface area contributed by atoms with Crippen molar-refractivity contribution in [3.63, 3.8) is 0 Å². The molecule has 0 radical (unpaired) electrons. The number of H-pyrrole nitrogens is 1. The van der Waals surface area contributed by atoms with Crippen molar-refractivity contribution < 1.29 is 39.3 Å². The number of benzene rings is 2. The molecule has 3 rings (SSSR count). The van der Waals surface area contributed by atoms with Crippen LogP contribution in [-0.4, -0.2) is 79.9 Å². The number of thiol groups is 1. The van der Waals surface area contributed by atoms with Crippen LogP contribution in [0.15, 0.2) is 54.7 Å². The van der Waals surface area contributed by atoms with E-state index in [1.165, 1.54) is 24.3 Å². The van der Waals surface area contributed by atoms with Gasteiger partial charge in [-0.15, -0.1) is 0 Å². The summed E-state index contributed by atoms with van der Waals surface area (Å²) < 4.78 is 0. The number of para-hydroxylation sites is 1. The fourth-order valence-corrected chi connectivity index (χ4v) is 4.35. The summed E-state index contributed by atoms with van der Waals surface area (Å²) in [5.41, 5.74) is 7.68. The van der Waals surface area contributed by atoms with Gasteiger partial charge in [-0.05, 0) is 29.3 Å². The van der Waals surface area contributed by atoms with Crippen molar-refractivity contribution >= 4 is 53.2 Å². The Morgan fingerprint density at radius 3 is 2.07 bits per heavy atom. The Labute approximate surface area is 239 Å². The van der Waals surface area contributed by atoms with Crippen LogP contribution in [0.25, 0.3) is 10.9 Å². The molecule has 2 aromatic carbocycles. The average Bonchev–Trinajstić information content (AvgIpc) is 3.34. The van der Waals surface area contributed by atoms with E-state index in [0.717, 1.165) is 10.9 Å². The first kappa shape index (κ1) is 31.0. The van der Waals surface area contributed by atoms with Crippen LogP contribution in [0.2, 0.25) is 0 Å². The van der Waals surface area contributed by atoms with Crippen molar-refractivity contribution in [2.45, 2.75) is 43.4 Å². The Morgan fingerprint density at radius 2 is 1.44 bits per heavy atom. The number of carbonyl (C=O) groups excluding carboxylic acids is 3. The molecule has 218 valence electrons. The van der Waals surface area contributed by atoms with Gasteiger partial charge in [0.2, 0.25) is 17.7 Å². The molecule has 0 saturated heterocycles. The van der Waals surface area contributed by atoms with E-state index in [1.54, 1.807) is 12.3 Å². The number of nitrogens with two attached hydrogens (primary N) is 1. The fourth-order valence-electron chi connectivity index (χ4n) is 4.10. The number of aromatic amines is 1. The zero-order valence-electron chi connectivity index (χ0n) is 21.7. The van der Waals surface area contributed by atoms with Crippen molar-refractivity contribution in [1.29, 1.82) is 0 Å². The third-order valence-corrected chi connectivity index (χ3v) is 6.63. The molecule has 0 bridgehead atoms. The number of phenols is 1. The Morgan fingerprint density at radius 1 is 0.829 bits per heavy atom. The molecule has 0 aliphatic rings. The number of amides is 3. The van der Waals surface area contributed by atoms with Crippen LogP contribution in [0.5, 0.6) is 5.75 Å². The van der Waals surface area contributed by atoms with E-state index >= 15 is 0 Å². The van der Waals surface area contributed by atoms with Crippen LogP contribution in [0.1, 0.15) is 17.5 Å². The van der Waals surface area contributed by atoms with E-state index in [2.05, 4.69) is 33.6 Å². The summed E-state index contributed by atoms with van der Waals surface area (Å²) in [5, 5.41) is 36.2. The van der Waals surface area contributed by atoms with Crippen LogP contribution in [-0.2, 0) is 36.8 Å². The fraction of sp³-hybridized carbons (Fsp3) is 0.296. The number of carbonyl (C=O) groups is 5. The first-order valence-electron chi connectivity index (χ1n) is 12.5. The van der Waals surface area contributed by atoms with Gasteiger partial charge in [0.05, 0.1) is 12.5 Å². The monoisotopic (exact) mass is 585 g/mol. The minimum absolute atomic E-state index is 0.000657. The maximum atomic E-state index is 13.4. The number of carboxylic acids is 2. The van der Waals surface area contributed by atoms with Crippen molar-refractivity contribution in [3.05, 3.63) is 65.9 Å². The van der Waals surface area contributed by atoms with Crippen molar-refractivity contribution in [1.82, 2.24) is 20.9 Å². The second-order valence-electron chi connectivity index (χ2n) is 9.34. The van der Waals surface area contributed by atoms with E-state index in [-0.39, 0.29) is 24.3 Å². The van der Waals surface area contributed by atoms with Gasteiger partial charge in [-0.3, -0.25) is 19.2 Å². The number of aromatic hydroxyl groups is 1. The SMILES string of the molecule is NC(CC(=O)O)C(=O)NC(Cc1c[nH]c2ccccc12)C(=O)NC(CS)C(=O)NC(Cc1ccc(O)cc1)C(=O)O. The van der Waals surface area contributed by atoms with Gasteiger partial charge in [0.25, 0.3) is 0 Å². The van der Waals surface area contributed by atoms with Crippen molar-refractivity contribution in [2.75, 3.05) is 5.75 Å². The van der Waals surface area contributed by atoms with Gasteiger partial charge >= 0.3 is 11.9 Å². The standard InChI is InChI=1S/C27H31N5O8S/c28-18(11-23(34)35)24(36)30-20(10-15-12-29-19-4-2-1-3-17(15)19)25(37)32-22(13-41)26(38)31-21(27(39)40)9-14-5-7-16(33)8-6-14/h1-8,12,18,20-22,29,33,41H,9-11,13,28H2,(H,30,36)(H,31,38)(H,32,37)(H,34,35)(H,39,40). The second kappa shape index (κ2) is 14.2. The van der Waals surface area contributed by atoms with Crippen LogP contribution in [0, 0.1) is 0 Å². The summed E-state index contributed by atoms with van der Waals surface area (Å²) in [6, 6.07) is 7.76. The molecular weight excluding hydrogens is 554 g/mol. The zero-order valence-corrected chi connectivity index (χ0v) is 22.6. The molecule has 0 saturated carbocycles. The molecule has 0 aliphatic heterocycles. The summed E-state index contributed by atoms with van der Waals surface area (Å²) in [6.45, 7) is 0. The van der Waals surface area contributed by atoms with Gasteiger partial charge in [0.1, 0.15) is 23.9 Å². The maximum Gasteiger partial charge on any atom is 0.326 e. The number of aliphatic carboxylic acids is 2. The largest absolute Gasteiger partial charge is 0.508 e. The number of rotatable bonds is 14. The lowest BCUT2D eigenvalue weighted by Gasteiger charge is -2.24. The highest BCUT2D eigenvalue weighted by Crippen LogP contribution is 2.19. The van der Waals surface area contributed by atoms with E-state index in [1.807, 2.05) is 18.2 Å². The highest BCUT2D eigenvalue weighted by Gasteiger charge is 2.31. The van der Waals surface area contributed by atoms with E-state index in [9.17, 15) is 34.2 Å². The molecule has 4 unspecified atom stereocenters. The predicted molar refractivity (Wildman–Crippen MR) is 151 cm³/mol. The molecule has 9 N–H and O–H groups in total. The minimum Gasteiger partial charge on any atom is -0.508 e. The molecule has 0 fully saturated rings. The number of aromatic nitrogens is 1. The lowest BCUT2D eigenvalue weighted by molar-refractivity contribution is -0.142. The molecule has 13 nitrogen and oxygen atoms in total. The van der Waals surface area contributed by atoms with Crippen LogP contribution in [0.4, 0.5) is 0 Å². The molecular formula is C27H31N5O8S. The Hall–Kier alpha value is -4.56. The molecule has 3 aromatic rings. The lowest BCUT2D eigenvalue weighted by Crippen LogP contribution is -2.58. The predicted octanol–water partition coefficient (Wildman–Crippen LogP) is -0.0705. The van der Waals surface area contributed by atoms with E-state index < -0.39 is 60.2 Å². The summed E-state index contributed by atoms with van der Waals surface area (Å²) in [6.07, 6.45) is 0.889. The summed E-state index contributed by atoms with van der Waals surface area (Å²) in [7, 11) is 0. The molecule has 1 aromatic heterocycles. The lowest BCUT2D eigenvalue weighted by atomic mass is 10.0. The third kappa shape index (κ3) is 8.71. The highest BCUT2D eigenvalue weighted by molar-refractivity contribution is 7.80. The maximum absolute atomic E-state index is 13.4. The topological polar surface area (TPSA) is 224 Å². The normalized spacial score (nSPS) is 13.9. The summed E-state index contributed by atoms with van der Waals surface area (Å²) in [4.78, 5) is 64.9. The third-order valence-electron chi connectivity index (χ3n) is 6.27. The molecule has 1 heterocycles. The highest BCUT2D eigenvalue weighted by atomic mass is 32.1. The molecule has 0 spiro atoms. The number of hydrogen-bond donors (Lipinski definition) is 9. The van der Waals surface area contributed by atoms with E-state index in [0.29, 0.717) is 11.1 Å². The molecule has 4 atom stereocenters. The smallest absolute Gasteiger partial charge is 0.326 e. The average molecular weight is 586 g/mol. The number of carboxylic acid groups (broad SMARTS) is 2. The molecule has 14 heteroatoms. The Balaban J connectivity index is 1.76. The van der Waals surface area contributed by atoms with Crippen molar-refractivity contribution in [3.8, 4) is 5.75 Å². The van der Waals surface area contributed by atoms with Crippen LogP contribution >= 0.6 is 12.6 Å².